The van der Waals surface area contributed by atoms with Gasteiger partial charge in [0.15, 0.2) is 0 Å². The van der Waals surface area contributed by atoms with E-state index in [2.05, 4.69) is 19.0 Å². The minimum absolute atomic E-state index is 0.111. The van der Waals surface area contributed by atoms with Crippen molar-refractivity contribution in [2.75, 3.05) is 0 Å². The van der Waals surface area contributed by atoms with Gasteiger partial charge in [0.2, 0.25) is 0 Å². The van der Waals surface area contributed by atoms with Gasteiger partial charge in [0.1, 0.15) is 0 Å². The summed E-state index contributed by atoms with van der Waals surface area (Å²) in [5.41, 5.74) is 2.37. The molecule has 0 rings (SSSR count). The zero-order valence-electron chi connectivity index (χ0n) is 6.05. The Morgan fingerprint density at radius 2 is 2.11 bits per heavy atom. The van der Waals surface area contributed by atoms with Crippen LogP contribution in [0, 0.1) is 0 Å². The molecule has 0 radical (unpaired) electrons. The van der Waals surface area contributed by atoms with Crippen LogP contribution >= 0.6 is 0 Å². The predicted molar refractivity (Wildman–Crippen MR) is 34.2 cm³/mol. The van der Waals surface area contributed by atoms with Gasteiger partial charge in [-0.1, -0.05) is 6.58 Å². The van der Waals surface area contributed by atoms with Gasteiger partial charge in [0, 0.05) is 6.08 Å². The van der Waals surface area contributed by atoms with Gasteiger partial charge in [-0.3, -0.25) is 0 Å². The molecule has 0 aliphatic rings. The molecule has 0 heterocycles. The van der Waals surface area contributed by atoms with Gasteiger partial charge in [-0.2, -0.15) is 0 Å². The number of rotatable bonds is 2. The van der Waals surface area contributed by atoms with Gasteiger partial charge < -0.3 is 5.11 Å². The molecule has 0 bridgehead atoms. The summed E-state index contributed by atoms with van der Waals surface area (Å²) in [5, 5.41) is 9.11. The summed E-state index contributed by atoms with van der Waals surface area (Å²) in [7, 11) is 0. The van der Waals surface area contributed by atoms with Crippen LogP contribution in [0.3, 0.4) is 0 Å². The van der Waals surface area contributed by atoms with Crippen LogP contribution in [0.4, 0.5) is 0 Å². The normalized spacial score (nSPS) is 6.00. The molecule has 0 aromatic heterocycles. The molecular weight excluding hydrogens is 169 g/mol. The molecule has 9 heavy (non-hydrogen) atoms. The molecule has 0 unspecified atom stereocenters. The Kier molecular flexibility index (Phi) is 13.9. The molecular formula is C6H12O2Zn. The molecule has 2 nitrogen and oxygen atoms in total. The molecule has 0 saturated carbocycles. The molecule has 1 N–H and O–H groups in total. The van der Waals surface area contributed by atoms with Crippen molar-refractivity contribution in [2.45, 2.75) is 17.5 Å². The summed E-state index contributed by atoms with van der Waals surface area (Å²) in [4.78, 5) is 9.25. The van der Waals surface area contributed by atoms with Gasteiger partial charge in [0.05, 0.1) is 0 Å². The molecule has 50 valence electrons. The van der Waals surface area contributed by atoms with E-state index >= 15 is 0 Å². The van der Waals surface area contributed by atoms with Crippen LogP contribution in [0.1, 0.15) is 6.92 Å². The zero-order valence-corrected chi connectivity index (χ0v) is 9.02. The second-order valence-electron chi connectivity index (χ2n) is 1.54. The first-order valence-corrected chi connectivity index (χ1v) is 8.10. The number of carboxylic acids is 1. The average molecular weight is 182 g/mol. The zero-order chi connectivity index (χ0) is 7.70. The minimum atomic E-state index is -0.981. The van der Waals surface area contributed by atoms with Crippen molar-refractivity contribution in [1.82, 2.24) is 0 Å². The van der Waals surface area contributed by atoms with Crippen LogP contribution in [-0.4, -0.2) is 11.1 Å². The summed E-state index contributed by atoms with van der Waals surface area (Å²) in [6.45, 7) is 5.22. The van der Waals surface area contributed by atoms with Gasteiger partial charge in [0.25, 0.3) is 0 Å². The first-order valence-electron chi connectivity index (χ1n) is 3.04. The second-order valence-corrected chi connectivity index (χ2v) is 5.74. The van der Waals surface area contributed by atoms with Crippen molar-refractivity contribution in [2.24, 2.45) is 0 Å². The Morgan fingerprint density at radius 3 is 2.11 bits per heavy atom. The summed E-state index contributed by atoms with van der Waals surface area (Å²) in [6, 6.07) is 0. The van der Waals surface area contributed by atoms with Crippen LogP contribution in [0.2, 0.25) is 10.5 Å². The van der Waals surface area contributed by atoms with Gasteiger partial charge >= 0.3 is 40.6 Å². The van der Waals surface area contributed by atoms with E-state index < -0.39 is 5.97 Å². The fraction of sp³-hybridized carbons (Fsp3) is 0.500. The van der Waals surface area contributed by atoms with E-state index in [-0.39, 0.29) is 17.1 Å². The molecule has 0 fully saturated rings. The number of hydrogen-bond acceptors (Lipinski definition) is 1. The first-order chi connectivity index (χ1) is 4.18. The standard InChI is InChI=1S/C3H4O2.C2H5.CH3.Zn/c1-2-3(4)5;1-2;;/h2H,1H2,(H,4,5);1H2,2H3;1H3;. The third kappa shape index (κ3) is 33.2. The predicted octanol–water partition coefficient (Wildman–Crippen LogP) is 1.81. The third-order valence-electron chi connectivity index (χ3n) is 0.675. The summed E-state index contributed by atoms with van der Waals surface area (Å²) in [6.07, 6.45) is 0.833. The average Bonchev–Trinajstić information content (AvgIpc) is 1.89. The molecule has 0 aromatic rings. The second kappa shape index (κ2) is 10.7. The van der Waals surface area contributed by atoms with Crippen molar-refractivity contribution in [3.8, 4) is 0 Å². The van der Waals surface area contributed by atoms with E-state index in [4.69, 9.17) is 5.11 Å². The molecule has 0 aromatic carbocycles. The summed E-state index contributed by atoms with van der Waals surface area (Å²) < 4.78 is 0. The quantitative estimate of drug-likeness (QED) is 0.521. The Hall–Kier alpha value is -0.167. The Bertz CT molecular complexity index is 79.1. The van der Waals surface area contributed by atoms with E-state index in [0.717, 1.165) is 6.08 Å². The van der Waals surface area contributed by atoms with E-state index in [9.17, 15) is 4.79 Å². The summed E-state index contributed by atoms with van der Waals surface area (Å²) >= 11 is 0.111. The molecule has 0 saturated heterocycles. The van der Waals surface area contributed by atoms with Crippen molar-refractivity contribution < 1.29 is 27.0 Å². The topological polar surface area (TPSA) is 37.3 Å². The van der Waals surface area contributed by atoms with Crippen LogP contribution in [0.5, 0.6) is 0 Å². The molecule has 0 aliphatic heterocycles. The molecule has 3 heteroatoms. The van der Waals surface area contributed by atoms with Crippen LogP contribution in [-0.2, 0) is 21.9 Å². The monoisotopic (exact) mass is 180 g/mol. The molecule has 0 aliphatic carbocycles. The maximum atomic E-state index is 9.25. The van der Waals surface area contributed by atoms with Crippen molar-refractivity contribution in [3.63, 3.8) is 0 Å². The third-order valence-corrected chi connectivity index (χ3v) is 2.77. The number of carboxylic acid groups (broad SMARTS) is 1. The van der Waals surface area contributed by atoms with Gasteiger partial charge in [-0.15, -0.1) is 0 Å². The number of aliphatic carboxylic acids is 1. The maximum absolute atomic E-state index is 9.25. The van der Waals surface area contributed by atoms with Crippen molar-refractivity contribution in [1.29, 1.82) is 0 Å². The number of hydrogen-bond donors (Lipinski definition) is 1. The van der Waals surface area contributed by atoms with E-state index in [1.807, 2.05) is 0 Å². The fourth-order valence-corrected chi connectivity index (χ4v) is 0. The molecule has 0 atom stereocenters. The van der Waals surface area contributed by atoms with Crippen molar-refractivity contribution >= 4 is 5.97 Å². The van der Waals surface area contributed by atoms with Crippen LogP contribution in [0.25, 0.3) is 0 Å². The fourth-order valence-electron chi connectivity index (χ4n) is 0. The van der Waals surface area contributed by atoms with Gasteiger partial charge in [-0.05, 0) is 0 Å². The Balaban J connectivity index is 0. The first kappa shape index (κ1) is 11.6. The van der Waals surface area contributed by atoms with Gasteiger partial charge in [-0.25, -0.2) is 4.79 Å². The Morgan fingerprint density at radius 1 is 1.89 bits per heavy atom. The summed E-state index contributed by atoms with van der Waals surface area (Å²) in [5.74, 6) is -0.981. The van der Waals surface area contributed by atoms with Crippen LogP contribution < -0.4 is 0 Å². The van der Waals surface area contributed by atoms with E-state index in [1.165, 1.54) is 5.02 Å². The van der Waals surface area contributed by atoms with Crippen molar-refractivity contribution in [3.05, 3.63) is 12.7 Å². The Labute approximate surface area is 63.6 Å². The van der Waals surface area contributed by atoms with E-state index in [0.29, 0.717) is 0 Å². The SMILES string of the molecule is C=CC(=O)O.C[CH2][Zn][CH3]. The molecule has 0 amide bonds. The number of carbonyl (C=O) groups is 1. The van der Waals surface area contributed by atoms with Crippen LogP contribution in [0.15, 0.2) is 12.7 Å². The molecule has 0 spiro atoms. The van der Waals surface area contributed by atoms with E-state index in [1.54, 1.807) is 0 Å².